The number of hydrogen-bond acceptors (Lipinski definition) is 4. The number of rotatable bonds is 7. The number of benzene rings is 2. The van der Waals surface area contributed by atoms with Gasteiger partial charge < -0.3 is 20.1 Å². The van der Waals surface area contributed by atoms with E-state index in [4.69, 9.17) is 9.47 Å². The van der Waals surface area contributed by atoms with Gasteiger partial charge in [-0.3, -0.25) is 4.90 Å². The number of amides is 2. The van der Waals surface area contributed by atoms with Gasteiger partial charge in [-0.05, 0) is 43.7 Å². The second-order valence-corrected chi connectivity index (χ2v) is 7.34. The first-order chi connectivity index (χ1) is 14.0. The molecule has 0 spiro atoms. The number of anilines is 1. The van der Waals surface area contributed by atoms with Gasteiger partial charge in [0.2, 0.25) is 0 Å². The van der Waals surface area contributed by atoms with E-state index < -0.39 is 0 Å². The van der Waals surface area contributed by atoms with Crippen LogP contribution < -0.4 is 15.4 Å². The molecule has 3 rings (SSSR count). The summed E-state index contributed by atoms with van der Waals surface area (Å²) in [6.07, 6.45) is 0.422. The minimum Gasteiger partial charge on any atom is -0.489 e. The molecule has 0 aromatic heterocycles. The first-order valence-corrected chi connectivity index (χ1v) is 9.88. The van der Waals surface area contributed by atoms with Crippen LogP contribution in [0.5, 0.6) is 5.75 Å². The Morgan fingerprint density at radius 3 is 2.69 bits per heavy atom. The molecule has 0 saturated carbocycles. The van der Waals surface area contributed by atoms with Crippen LogP contribution in [0.2, 0.25) is 0 Å². The van der Waals surface area contributed by atoms with Crippen molar-refractivity contribution in [1.82, 2.24) is 10.2 Å². The van der Waals surface area contributed by atoms with Gasteiger partial charge in [0.1, 0.15) is 18.2 Å². The molecule has 2 amide bonds. The van der Waals surface area contributed by atoms with E-state index in [1.54, 1.807) is 36.4 Å². The lowest BCUT2D eigenvalue weighted by Gasteiger charge is -2.35. The highest BCUT2D eigenvalue weighted by Crippen LogP contribution is 2.19. The van der Waals surface area contributed by atoms with Crippen molar-refractivity contribution in [1.29, 1.82) is 0 Å². The van der Waals surface area contributed by atoms with Crippen LogP contribution >= 0.6 is 0 Å². The molecule has 1 aliphatic rings. The summed E-state index contributed by atoms with van der Waals surface area (Å²) >= 11 is 0. The molecule has 1 saturated heterocycles. The smallest absolute Gasteiger partial charge is 0.319 e. The number of hydrogen-bond donors (Lipinski definition) is 2. The topological polar surface area (TPSA) is 62.8 Å². The van der Waals surface area contributed by atoms with Crippen molar-refractivity contribution in [2.75, 3.05) is 31.5 Å². The zero-order chi connectivity index (χ0) is 20.6. The van der Waals surface area contributed by atoms with Crippen LogP contribution in [0.25, 0.3) is 0 Å². The second kappa shape index (κ2) is 10.2. The first kappa shape index (κ1) is 21.1. The summed E-state index contributed by atoms with van der Waals surface area (Å²) in [7, 11) is 0. The van der Waals surface area contributed by atoms with Gasteiger partial charge in [-0.1, -0.05) is 18.2 Å². The summed E-state index contributed by atoms with van der Waals surface area (Å²) < 4.78 is 24.6. The Balaban J connectivity index is 1.42. The van der Waals surface area contributed by atoms with Crippen LogP contribution in [-0.2, 0) is 11.3 Å². The summed E-state index contributed by atoms with van der Waals surface area (Å²) in [4.78, 5) is 14.5. The third kappa shape index (κ3) is 7.03. The molecular formula is C22H28FN3O3. The molecule has 1 fully saturated rings. The van der Waals surface area contributed by atoms with Crippen LogP contribution in [0.1, 0.15) is 19.4 Å². The summed E-state index contributed by atoms with van der Waals surface area (Å²) in [5, 5.41) is 5.69. The van der Waals surface area contributed by atoms with E-state index in [1.807, 2.05) is 0 Å². The van der Waals surface area contributed by atoms with Crippen molar-refractivity contribution in [2.45, 2.75) is 32.7 Å². The Hall–Kier alpha value is -2.64. The summed E-state index contributed by atoms with van der Waals surface area (Å²) in [6, 6.07) is 13.1. The van der Waals surface area contributed by atoms with Crippen molar-refractivity contribution < 1.29 is 18.7 Å². The lowest BCUT2D eigenvalue weighted by Crippen LogP contribution is -2.48. The van der Waals surface area contributed by atoms with Crippen LogP contribution in [-0.4, -0.2) is 49.3 Å². The van der Waals surface area contributed by atoms with Crippen molar-refractivity contribution in [3.63, 3.8) is 0 Å². The highest BCUT2D eigenvalue weighted by Gasteiger charge is 2.21. The zero-order valence-electron chi connectivity index (χ0n) is 16.9. The molecule has 2 aromatic rings. The van der Waals surface area contributed by atoms with Crippen LogP contribution in [0.15, 0.2) is 48.5 Å². The standard InChI is InChI=1S/C22H28FN3O3/c1-16-13-26(14-17(2)29-16)10-9-24-22(27)25-20-7-4-8-21(12-20)28-15-18-5-3-6-19(23)11-18/h3-8,11-12,16-17H,9-10,13-15H2,1-2H3,(H2,24,25,27). The molecule has 29 heavy (non-hydrogen) atoms. The molecule has 156 valence electrons. The summed E-state index contributed by atoms with van der Waals surface area (Å²) in [5.41, 5.74) is 1.38. The normalized spacial score (nSPS) is 19.6. The fraction of sp³-hybridized carbons (Fsp3) is 0.409. The highest BCUT2D eigenvalue weighted by atomic mass is 19.1. The molecule has 2 aromatic carbocycles. The molecule has 2 N–H and O–H groups in total. The maximum absolute atomic E-state index is 13.2. The lowest BCUT2D eigenvalue weighted by molar-refractivity contribution is -0.0672. The maximum atomic E-state index is 13.2. The lowest BCUT2D eigenvalue weighted by atomic mass is 10.2. The molecule has 0 bridgehead atoms. The molecular weight excluding hydrogens is 373 g/mol. The molecule has 2 atom stereocenters. The monoisotopic (exact) mass is 401 g/mol. The average molecular weight is 401 g/mol. The third-order valence-electron chi connectivity index (χ3n) is 4.60. The van der Waals surface area contributed by atoms with Crippen LogP contribution in [0, 0.1) is 5.82 Å². The number of carbonyl (C=O) groups excluding carboxylic acids is 1. The van der Waals surface area contributed by atoms with E-state index in [0.29, 0.717) is 18.0 Å². The number of nitrogens with zero attached hydrogens (tertiary/aromatic N) is 1. The Morgan fingerprint density at radius 1 is 1.17 bits per heavy atom. The van der Waals surface area contributed by atoms with Gasteiger partial charge in [-0.2, -0.15) is 0 Å². The number of halogens is 1. The minimum atomic E-state index is -0.292. The van der Waals surface area contributed by atoms with Gasteiger partial charge in [0.05, 0.1) is 12.2 Å². The molecule has 2 unspecified atom stereocenters. The van der Waals surface area contributed by atoms with E-state index >= 15 is 0 Å². The maximum Gasteiger partial charge on any atom is 0.319 e. The van der Waals surface area contributed by atoms with Gasteiger partial charge in [-0.15, -0.1) is 0 Å². The van der Waals surface area contributed by atoms with Gasteiger partial charge >= 0.3 is 6.03 Å². The van der Waals surface area contributed by atoms with Gasteiger partial charge in [0.25, 0.3) is 0 Å². The van der Waals surface area contributed by atoms with E-state index in [0.717, 1.165) is 25.2 Å². The van der Waals surface area contributed by atoms with Gasteiger partial charge in [0.15, 0.2) is 0 Å². The predicted octanol–water partition coefficient (Wildman–Crippen LogP) is 3.64. The molecule has 7 heteroatoms. The first-order valence-electron chi connectivity index (χ1n) is 9.88. The van der Waals surface area contributed by atoms with Crippen molar-refractivity contribution in [2.24, 2.45) is 0 Å². The quantitative estimate of drug-likeness (QED) is 0.744. The number of carbonyl (C=O) groups is 1. The molecule has 6 nitrogen and oxygen atoms in total. The Kier molecular flexibility index (Phi) is 7.43. The number of morpholine rings is 1. The summed E-state index contributed by atoms with van der Waals surface area (Å²) in [6.45, 7) is 7.46. The summed E-state index contributed by atoms with van der Waals surface area (Å²) in [5.74, 6) is 0.308. The number of nitrogens with one attached hydrogen (secondary N) is 2. The predicted molar refractivity (Wildman–Crippen MR) is 111 cm³/mol. The Morgan fingerprint density at radius 2 is 1.93 bits per heavy atom. The Labute approximate surface area is 171 Å². The van der Waals surface area contributed by atoms with Crippen molar-refractivity contribution in [3.8, 4) is 5.75 Å². The van der Waals surface area contributed by atoms with Gasteiger partial charge in [-0.25, -0.2) is 9.18 Å². The molecule has 1 aliphatic heterocycles. The molecule has 0 radical (unpaired) electrons. The van der Waals surface area contributed by atoms with Crippen molar-refractivity contribution >= 4 is 11.7 Å². The number of ether oxygens (including phenoxy) is 2. The molecule has 0 aliphatic carbocycles. The van der Waals surface area contributed by atoms with E-state index in [1.165, 1.54) is 12.1 Å². The number of urea groups is 1. The van der Waals surface area contributed by atoms with Crippen molar-refractivity contribution in [3.05, 3.63) is 59.9 Å². The SMILES string of the molecule is CC1CN(CCNC(=O)Nc2cccc(OCc3cccc(F)c3)c2)CC(C)O1. The van der Waals surface area contributed by atoms with E-state index in [2.05, 4.69) is 29.4 Å². The highest BCUT2D eigenvalue weighted by molar-refractivity contribution is 5.89. The fourth-order valence-corrected chi connectivity index (χ4v) is 3.43. The molecule has 1 heterocycles. The average Bonchev–Trinajstić information content (AvgIpc) is 2.66. The van der Waals surface area contributed by atoms with E-state index in [-0.39, 0.29) is 30.7 Å². The van der Waals surface area contributed by atoms with Gasteiger partial charge in [0, 0.05) is 37.9 Å². The second-order valence-electron chi connectivity index (χ2n) is 7.34. The Bertz CT molecular complexity index is 807. The van der Waals surface area contributed by atoms with E-state index in [9.17, 15) is 9.18 Å². The fourth-order valence-electron chi connectivity index (χ4n) is 3.43. The van der Waals surface area contributed by atoms with Crippen LogP contribution in [0.3, 0.4) is 0 Å². The zero-order valence-corrected chi connectivity index (χ0v) is 16.9. The largest absolute Gasteiger partial charge is 0.489 e. The minimum absolute atomic E-state index is 0.211. The third-order valence-corrected chi connectivity index (χ3v) is 4.60. The van der Waals surface area contributed by atoms with Crippen LogP contribution in [0.4, 0.5) is 14.9 Å².